The van der Waals surface area contributed by atoms with E-state index in [1.165, 1.54) is 32.1 Å². The Labute approximate surface area is 195 Å². The molecule has 9 atom stereocenters. The molecule has 0 unspecified atom stereocenters. The number of nitrogens with zero attached hydrogens (tertiary/aromatic N) is 1. The summed E-state index contributed by atoms with van der Waals surface area (Å²) in [6.45, 7) is 9.56. The van der Waals surface area contributed by atoms with Crippen LogP contribution in [0.2, 0.25) is 0 Å². The highest BCUT2D eigenvalue weighted by atomic mass is 16.3. The van der Waals surface area contributed by atoms with E-state index in [9.17, 15) is 15.5 Å². The Kier molecular flexibility index (Phi) is 5.43. The van der Waals surface area contributed by atoms with Crippen LogP contribution in [0, 0.1) is 57.2 Å². The fraction of sp³-hybridized carbons (Fsp3) is 0.897. The molecule has 0 spiro atoms. The highest BCUT2D eigenvalue weighted by Crippen LogP contribution is 2.67. The molecule has 0 bridgehead atoms. The number of fused-ring (bicyclic) bond motifs is 5. The Morgan fingerprint density at radius 2 is 1.81 bits per heavy atom. The topological polar surface area (TPSA) is 64.2 Å². The van der Waals surface area contributed by atoms with E-state index in [-0.39, 0.29) is 0 Å². The Hall–Kier alpha value is -0.850. The first kappa shape index (κ1) is 22.9. The van der Waals surface area contributed by atoms with Crippen molar-refractivity contribution in [1.29, 1.82) is 5.26 Å². The summed E-state index contributed by atoms with van der Waals surface area (Å²) in [5.74, 6) is 3.53. The summed E-state index contributed by atoms with van der Waals surface area (Å²) >= 11 is 0. The molecule has 0 amide bonds. The van der Waals surface area contributed by atoms with Crippen LogP contribution in [0.5, 0.6) is 0 Å². The fourth-order valence-electron chi connectivity index (χ4n) is 9.23. The molecule has 178 valence electrons. The number of nitriles is 1. The lowest BCUT2D eigenvalue weighted by molar-refractivity contribution is -0.0648. The second-order valence-corrected chi connectivity index (χ2v) is 13.5. The molecule has 0 aromatic rings. The minimum absolute atomic E-state index is 0.302. The summed E-state index contributed by atoms with van der Waals surface area (Å²) in [5, 5.41) is 30.7. The van der Waals surface area contributed by atoms with Crippen molar-refractivity contribution in [2.75, 3.05) is 0 Å². The molecule has 3 nitrogen and oxygen atoms in total. The quantitative estimate of drug-likeness (QED) is 0.487. The van der Waals surface area contributed by atoms with Crippen LogP contribution in [-0.2, 0) is 0 Å². The number of hydrogen-bond donors (Lipinski definition) is 2. The van der Waals surface area contributed by atoms with E-state index < -0.39 is 17.1 Å². The minimum Gasteiger partial charge on any atom is -0.391 e. The molecular formula is C29H45NO2. The first-order chi connectivity index (χ1) is 15.0. The maximum absolute atomic E-state index is 10.7. The van der Waals surface area contributed by atoms with Crippen molar-refractivity contribution in [3.63, 3.8) is 0 Å². The zero-order valence-electron chi connectivity index (χ0n) is 20.9. The molecule has 0 saturated heterocycles. The molecule has 5 rings (SSSR count). The van der Waals surface area contributed by atoms with Gasteiger partial charge in [0.25, 0.3) is 0 Å². The minimum atomic E-state index is -0.468. The molecule has 0 aromatic carbocycles. The van der Waals surface area contributed by atoms with Gasteiger partial charge in [0, 0.05) is 0 Å². The van der Waals surface area contributed by atoms with E-state index in [2.05, 4.69) is 32.9 Å². The summed E-state index contributed by atoms with van der Waals surface area (Å²) in [7, 11) is 0. The molecule has 0 heterocycles. The fourth-order valence-corrected chi connectivity index (χ4v) is 9.23. The molecular weight excluding hydrogens is 394 g/mol. The van der Waals surface area contributed by atoms with Gasteiger partial charge in [0.1, 0.15) is 0 Å². The molecule has 4 fully saturated rings. The maximum atomic E-state index is 10.7. The molecule has 2 N–H and O–H groups in total. The summed E-state index contributed by atoms with van der Waals surface area (Å²) in [4.78, 5) is 0. The molecule has 32 heavy (non-hydrogen) atoms. The van der Waals surface area contributed by atoms with Gasteiger partial charge >= 0.3 is 0 Å². The number of aliphatic hydroxyl groups excluding tert-OH is 1. The van der Waals surface area contributed by atoms with Crippen molar-refractivity contribution >= 4 is 0 Å². The highest BCUT2D eigenvalue weighted by Gasteiger charge is 2.58. The van der Waals surface area contributed by atoms with Gasteiger partial charge in [-0.25, -0.2) is 0 Å². The third-order valence-corrected chi connectivity index (χ3v) is 11.6. The second-order valence-electron chi connectivity index (χ2n) is 13.5. The molecule has 4 saturated carbocycles. The van der Waals surface area contributed by atoms with Gasteiger partial charge in [0.15, 0.2) is 0 Å². The van der Waals surface area contributed by atoms with E-state index in [0.29, 0.717) is 22.7 Å². The normalized spacial score (nSPS) is 48.5. The van der Waals surface area contributed by atoms with Gasteiger partial charge < -0.3 is 10.2 Å². The SMILES string of the molecule is C[C@H](CC[C@@H](O)C1(C#N)CC1)[C@H]1CC[C@H]2[C@@H]3CC[C@H]4C[C@@](C)(O)CC[C@]4(C)C3=CC[C@]12C. The third-order valence-electron chi connectivity index (χ3n) is 11.6. The zero-order chi connectivity index (χ0) is 22.9. The lowest BCUT2D eigenvalue weighted by atomic mass is 9.47. The third kappa shape index (κ3) is 3.42. The lowest BCUT2D eigenvalue weighted by Gasteiger charge is -2.58. The monoisotopic (exact) mass is 439 g/mol. The van der Waals surface area contributed by atoms with Crippen molar-refractivity contribution in [1.82, 2.24) is 0 Å². The molecule has 5 aliphatic rings. The van der Waals surface area contributed by atoms with E-state index in [0.717, 1.165) is 62.7 Å². The number of aliphatic hydroxyl groups is 2. The van der Waals surface area contributed by atoms with Gasteiger partial charge in [-0.15, -0.1) is 0 Å². The van der Waals surface area contributed by atoms with E-state index in [1.807, 2.05) is 6.92 Å². The van der Waals surface area contributed by atoms with Crippen LogP contribution in [0.1, 0.15) is 105 Å². The van der Waals surface area contributed by atoms with Crippen LogP contribution in [0.15, 0.2) is 11.6 Å². The van der Waals surface area contributed by atoms with Gasteiger partial charge in [-0.2, -0.15) is 5.26 Å². The van der Waals surface area contributed by atoms with Crippen LogP contribution in [0.3, 0.4) is 0 Å². The van der Waals surface area contributed by atoms with Crippen molar-refractivity contribution in [3.05, 3.63) is 11.6 Å². The molecule has 3 heteroatoms. The Morgan fingerprint density at radius 1 is 1.06 bits per heavy atom. The first-order valence-corrected chi connectivity index (χ1v) is 13.6. The summed E-state index contributed by atoms with van der Waals surface area (Å²) in [6.07, 6.45) is 15.4. The molecule has 0 radical (unpaired) electrons. The Bertz CT molecular complexity index is 820. The molecule has 5 aliphatic carbocycles. The smallest absolute Gasteiger partial charge is 0.0833 e. The van der Waals surface area contributed by atoms with Gasteiger partial charge in [0.2, 0.25) is 0 Å². The predicted octanol–water partition coefficient (Wildman–Crippen LogP) is 6.40. The predicted molar refractivity (Wildman–Crippen MR) is 128 cm³/mol. The van der Waals surface area contributed by atoms with Crippen LogP contribution >= 0.6 is 0 Å². The van der Waals surface area contributed by atoms with Crippen molar-refractivity contribution in [2.45, 2.75) is 116 Å². The largest absolute Gasteiger partial charge is 0.391 e. The lowest BCUT2D eigenvalue weighted by Crippen LogP contribution is -2.50. The van der Waals surface area contributed by atoms with Gasteiger partial charge in [-0.1, -0.05) is 32.4 Å². The second kappa shape index (κ2) is 7.58. The van der Waals surface area contributed by atoms with Crippen molar-refractivity contribution in [2.24, 2.45) is 45.8 Å². The summed E-state index contributed by atoms with van der Waals surface area (Å²) in [6, 6.07) is 2.39. The number of rotatable bonds is 5. The highest BCUT2D eigenvalue weighted by molar-refractivity contribution is 5.29. The average molecular weight is 440 g/mol. The Balaban J connectivity index is 1.30. The molecule has 0 aliphatic heterocycles. The van der Waals surface area contributed by atoms with Gasteiger partial charge in [0.05, 0.1) is 23.2 Å². The average Bonchev–Trinajstić information content (AvgIpc) is 3.47. The van der Waals surface area contributed by atoms with E-state index in [4.69, 9.17) is 0 Å². The van der Waals surface area contributed by atoms with Crippen LogP contribution in [0.4, 0.5) is 0 Å². The van der Waals surface area contributed by atoms with Gasteiger partial charge in [-0.3, -0.25) is 0 Å². The Morgan fingerprint density at radius 3 is 2.50 bits per heavy atom. The molecule has 0 aromatic heterocycles. The number of allylic oxidation sites excluding steroid dienone is 2. The zero-order valence-corrected chi connectivity index (χ0v) is 20.9. The van der Waals surface area contributed by atoms with E-state index in [1.54, 1.807) is 5.57 Å². The number of hydrogen-bond acceptors (Lipinski definition) is 3. The van der Waals surface area contributed by atoms with Crippen molar-refractivity contribution < 1.29 is 10.2 Å². The summed E-state index contributed by atoms with van der Waals surface area (Å²) < 4.78 is 0. The standard InChI is InChI=1S/C29H45NO2/c1-19(5-10-25(31)29(18-30)15-16-29)22-8-9-23-21-7-6-20-17-26(2,32)13-14-27(20,3)24(21)11-12-28(22,23)4/h11,19-23,25,31-32H,5-10,12-17H2,1-4H3/t19-,20+,21+,22-,23+,25-,26+,27+,28-/m1/s1. The summed E-state index contributed by atoms with van der Waals surface area (Å²) in [5.41, 5.74) is 1.57. The van der Waals surface area contributed by atoms with Crippen LogP contribution in [-0.4, -0.2) is 21.9 Å². The maximum Gasteiger partial charge on any atom is 0.0833 e. The van der Waals surface area contributed by atoms with Crippen LogP contribution in [0.25, 0.3) is 0 Å². The van der Waals surface area contributed by atoms with E-state index >= 15 is 0 Å². The van der Waals surface area contributed by atoms with Gasteiger partial charge in [-0.05, 0) is 124 Å². The van der Waals surface area contributed by atoms with Crippen LogP contribution < -0.4 is 0 Å². The first-order valence-electron chi connectivity index (χ1n) is 13.6. The van der Waals surface area contributed by atoms with Crippen molar-refractivity contribution in [3.8, 4) is 6.07 Å².